The molecule has 0 N–H and O–H groups in total. The van der Waals surface area contributed by atoms with Gasteiger partial charge in [-0.05, 0) is 28.8 Å². The fourth-order valence-corrected chi connectivity index (χ4v) is 3.23. The van der Waals surface area contributed by atoms with Crippen molar-refractivity contribution in [2.45, 2.75) is 13.3 Å². The molecule has 0 radical (unpaired) electrons. The van der Waals surface area contributed by atoms with Gasteiger partial charge >= 0.3 is 0 Å². The van der Waals surface area contributed by atoms with Gasteiger partial charge in [0.15, 0.2) is 0 Å². The maximum atomic E-state index is 9.63. The van der Waals surface area contributed by atoms with Crippen LogP contribution in [-0.4, -0.2) is 0 Å². The van der Waals surface area contributed by atoms with Crippen molar-refractivity contribution in [3.8, 4) is 24.3 Å². The van der Waals surface area contributed by atoms with Crippen LogP contribution >= 0.6 is 0 Å². The van der Waals surface area contributed by atoms with E-state index < -0.39 is 0 Å². The highest BCUT2D eigenvalue weighted by molar-refractivity contribution is 6.08. The smallest absolute Gasteiger partial charge is 0.102 e. The van der Waals surface area contributed by atoms with Crippen molar-refractivity contribution in [2.75, 3.05) is 0 Å². The second kappa shape index (κ2) is 5.73. The molecule has 0 saturated heterocycles. The van der Waals surface area contributed by atoms with Crippen LogP contribution in [0.1, 0.15) is 34.7 Å². The Morgan fingerprint density at radius 3 is 1.92 bits per heavy atom. The fourth-order valence-electron chi connectivity index (χ4n) is 3.23. The minimum atomic E-state index is -0.0265. The van der Waals surface area contributed by atoms with Crippen LogP contribution in [0, 0.1) is 45.3 Å². The van der Waals surface area contributed by atoms with Gasteiger partial charge in [0.05, 0.1) is 22.3 Å². The van der Waals surface area contributed by atoms with Gasteiger partial charge in [0.2, 0.25) is 0 Å². The molecule has 0 atom stereocenters. The standard InChI is InChI=1S/C20H10N4/c1-2-13-14-6-4-3-5-12(14)7-15-16(8-21)17(9-22)18(10-23)19(11-24)20(13)15/h3-7H,2H2,1H3. The predicted octanol–water partition coefficient (Wildman–Crippen LogP) is 4.04. The minimum absolute atomic E-state index is 0.0194. The van der Waals surface area contributed by atoms with E-state index in [4.69, 9.17) is 0 Å². The largest absolute Gasteiger partial charge is 0.192 e. The summed E-state index contributed by atoms with van der Waals surface area (Å²) in [6.45, 7) is 1.97. The molecule has 0 bridgehead atoms. The molecule has 4 heteroatoms. The lowest BCUT2D eigenvalue weighted by Gasteiger charge is -2.14. The maximum Gasteiger partial charge on any atom is 0.102 e. The van der Waals surface area contributed by atoms with Crippen LogP contribution in [0.2, 0.25) is 0 Å². The molecule has 0 amide bonds. The molecule has 0 heterocycles. The van der Waals surface area contributed by atoms with Crippen molar-refractivity contribution < 1.29 is 0 Å². The van der Waals surface area contributed by atoms with E-state index in [9.17, 15) is 21.0 Å². The van der Waals surface area contributed by atoms with Gasteiger partial charge in [-0.15, -0.1) is 0 Å². The third kappa shape index (κ3) is 1.89. The van der Waals surface area contributed by atoms with Gasteiger partial charge in [0.1, 0.15) is 24.3 Å². The molecule has 3 rings (SSSR count). The Labute approximate surface area is 139 Å². The van der Waals surface area contributed by atoms with Gasteiger partial charge in [0.25, 0.3) is 0 Å². The first-order chi connectivity index (χ1) is 11.7. The Kier molecular flexibility index (Phi) is 3.60. The van der Waals surface area contributed by atoms with Gasteiger partial charge in [-0.2, -0.15) is 21.0 Å². The highest BCUT2D eigenvalue weighted by atomic mass is 14.3. The number of benzene rings is 3. The molecule has 0 unspecified atom stereocenters. The van der Waals surface area contributed by atoms with Crippen molar-refractivity contribution in [1.82, 2.24) is 0 Å². The van der Waals surface area contributed by atoms with E-state index in [1.165, 1.54) is 0 Å². The van der Waals surface area contributed by atoms with Crippen LogP contribution in [0.15, 0.2) is 30.3 Å². The Morgan fingerprint density at radius 2 is 1.33 bits per heavy atom. The van der Waals surface area contributed by atoms with Crippen molar-refractivity contribution in [1.29, 1.82) is 21.0 Å². The summed E-state index contributed by atoms with van der Waals surface area (Å²) in [5, 5.41) is 41.2. The Balaban J connectivity index is 2.78. The lowest BCUT2D eigenvalue weighted by Crippen LogP contribution is -2.01. The summed E-state index contributed by atoms with van der Waals surface area (Å²) in [6.07, 6.45) is 0.647. The fraction of sp³-hybridized carbons (Fsp3) is 0.100. The van der Waals surface area contributed by atoms with E-state index in [0.29, 0.717) is 17.2 Å². The van der Waals surface area contributed by atoms with Gasteiger partial charge in [-0.1, -0.05) is 31.2 Å². The molecular weight excluding hydrogens is 296 g/mol. The van der Waals surface area contributed by atoms with Gasteiger partial charge in [0, 0.05) is 10.8 Å². The van der Waals surface area contributed by atoms with E-state index in [1.54, 1.807) is 0 Å². The first-order valence-electron chi connectivity index (χ1n) is 7.36. The van der Waals surface area contributed by atoms with E-state index in [-0.39, 0.29) is 22.3 Å². The lowest BCUT2D eigenvalue weighted by molar-refractivity contribution is 1.17. The second-order valence-corrected chi connectivity index (χ2v) is 5.30. The number of nitriles is 4. The average Bonchev–Trinajstić information content (AvgIpc) is 2.63. The molecular formula is C20H10N4. The first kappa shape index (κ1) is 15.1. The summed E-state index contributed by atoms with van der Waals surface area (Å²) < 4.78 is 0. The third-order valence-corrected chi connectivity index (χ3v) is 4.23. The highest BCUT2D eigenvalue weighted by Gasteiger charge is 2.22. The summed E-state index contributed by atoms with van der Waals surface area (Å²) in [4.78, 5) is 0. The number of hydrogen-bond acceptors (Lipinski definition) is 4. The summed E-state index contributed by atoms with van der Waals surface area (Å²) in [5.74, 6) is 0. The number of hydrogen-bond donors (Lipinski definition) is 0. The van der Waals surface area contributed by atoms with Crippen LogP contribution in [0.5, 0.6) is 0 Å². The van der Waals surface area contributed by atoms with Gasteiger partial charge in [-0.25, -0.2) is 0 Å². The van der Waals surface area contributed by atoms with Crippen molar-refractivity contribution >= 4 is 21.5 Å². The van der Waals surface area contributed by atoms with E-state index in [0.717, 1.165) is 16.3 Å². The molecule has 4 nitrogen and oxygen atoms in total. The van der Waals surface area contributed by atoms with Crippen LogP contribution in [0.4, 0.5) is 0 Å². The van der Waals surface area contributed by atoms with Crippen LogP contribution in [-0.2, 0) is 6.42 Å². The van der Waals surface area contributed by atoms with Crippen LogP contribution in [0.25, 0.3) is 21.5 Å². The van der Waals surface area contributed by atoms with Crippen LogP contribution < -0.4 is 0 Å². The Hall–Kier alpha value is -3.86. The summed E-state index contributed by atoms with van der Waals surface area (Å²) >= 11 is 0. The van der Waals surface area contributed by atoms with Crippen molar-refractivity contribution in [3.05, 3.63) is 58.1 Å². The minimum Gasteiger partial charge on any atom is -0.192 e. The van der Waals surface area contributed by atoms with Crippen LogP contribution in [0.3, 0.4) is 0 Å². The number of nitrogens with zero attached hydrogens (tertiary/aromatic N) is 4. The molecule has 3 aromatic rings. The lowest BCUT2D eigenvalue weighted by atomic mass is 9.85. The van der Waals surface area contributed by atoms with E-state index in [1.807, 2.05) is 55.5 Å². The zero-order chi connectivity index (χ0) is 17.3. The molecule has 3 aromatic carbocycles. The second-order valence-electron chi connectivity index (χ2n) is 5.30. The predicted molar refractivity (Wildman–Crippen MR) is 89.7 cm³/mol. The number of fused-ring (bicyclic) bond motifs is 2. The zero-order valence-corrected chi connectivity index (χ0v) is 12.9. The zero-order valence-electron chi connectivity index (χ0n) is 12.9. The summed E-state index contributed by atoms with van der Waals surface area (Å²) in [7, 11) is 0. The Bertz CT molecular complexity index is 1180. The molecule has 0 aliphatic carbocycles. The van der Waals surface area contributed by atoms with Gasteiger partial charge in [-0.3, -0.25) is 0 Å². The van der Waals surface area contributed by atoms with E-state index >= 15 is 0 Å². The topological polar surface area (TPSA) is 95.2 Å². The molecule has 0 saturated carbocycles. The number of rotatable bonds is 1. The van der Waals surface area contributed by atoms with Crippen molar-refractivity contribution in [3.63, 3.8) is 0 Å². The van der Waals surface area contributed by atoms with Gasteiger partial charge < -0.3 is 0 Å². The quantitative estimate of drug-likeness (QED) is 0.634. The summed E-state index contributed by atoms with van der Waals surface area (Å²) in [5.41, 5.74) is 1.20. The van der Waals surface area contributed by atoms with E-state index in [2.05, 4.69) is 6.07 Å². The SMILES string of the molecule is CCc1c2ccccc2cc2c(C#N)c(C#N)c(C#N)c(C#N)c12. The monoisotopic (exact) mass is 306 g/mol. The maximum absolute atomic E-state index is 9.63. The van der Waals surface area contributed by atoms with Crippen molar-refractivity contribution in [2.24, 2.45) is 0 Å². The summed E-state index contributed by atoms with van der Waals surface area (Å²) in [6, 6.07) is 17.5. The normalized spacial score (nSPS) is 9.88. The average molecular weight is 306 g/mol. The highest BCUT2D eigenvalue weighted by Crippen LogP contribution is 2.36. The third-order valence-electron chi connectivity index (χ3n) is 4.23. The first-order valence-corrected chi connectivity index (χ1v) is 7.36. The Morgan fingerprint density at radius 1 is 0.750 bits per heavy atom. The molecule has 0 spiro atoms. The molecule has 110 valence electrons. The molecule has 0 aromatic heterocycles. The molecule has 0 fully saturated rings. The molecule has 0 aliphatic heterocycles. The number of aryl methyl sites for hydroxylation is 1. The molecule has 24 heavy (non-hydrogen) atoms. The molecule has 0 aliphatic rings.